The zero-order valence-corrected chi connectivity index (χ0v) is 13.5. The molecule has 0 saturated heterocycles. The second-order valence-electron chi connectivity index (χ2n) is 4.71. The molecular weight excluding hydrogens is 344 g/mol. The van der Waals surface area contributed by atoms with Gasteiger partial charge in [0.25, 0.3) is 5.91 Å². The molecule has 4 nitrogen and oxygen atoms in total. The van der Waals surface area contributed by atoms with Crippen LogP contribution in [0.2, 0.25) is 10.0 Å². The maximum Gasteiger partial charge on any atom is 0.339 e. The van der Waals surface area contributed by atoms with Gasteiger partial charge in [0.1, 0.15) is 5.82 Å². The first-order valence-corrected chi connectivity index (χ1v) is 7.34. The molecule has 2 aromatic rings. The third-order valence-electron chi connectivity index (χ3n) is 2.84. The highest BCUT2D eigenvalue weighted by Crippen LogP contribution is 2.22. The Labute approximate surface area is 142 Å². The minimum Gasteiger partial charge on any atom is -0.449 e. The molecule has 0 saturated carbocycles. The molecule has 0 heterocycles. The smallest absolute Gasteiger partial charge is 0.339 e. The lowest BCUT2D eigenvalue weighted by atomic mass is 10.2. The van der Waals surface area contributed by atoms with Gasteiger partial charge in [-0.15, -0.1) is 0 Å². The Bertz CT molecular complexity index is 732. The predicted molar refractivity (Wildman–Crippen MR) is 86.4 cm³/mol. The molecule has 23 heavy (non-hydrogen) atoms. The van der Waals surface area contributed by atoms with Crippen LogP contribution in [0.4, 0.5) is 10.1 Å². The van der Waals surface area contributed by atoms with Crippen LogP contribution in [-0.2, 0) is 9.53 Å². The molecular formula is C16H12Cl2FNO3. The highest BCUT2D eigenvalue weighted by atomic mass is 35.5. The van der Waals surface area contributed by atoms with Gasteiger partial charge in [-0.3, -0.25) is 4.79 Å². The summed E-state index contributed by atoms with van der Waals surface area (Å²) in [6.07, 6.45) is -1.08. The Morgan fingerprint density at radius 1 is 1.13 bits per heavy atom. The van der Waals surface area contributed by atoms with Crippen molar-refractivity contribution in [2.24, 2.45) is 0 Å². The Kier molecular flexibility index (Phi) is 5.58. The number of benzene rings is 2. The number of amides is 1. The van der Waals surface area contributed by atoms with Crippen LogP contribution in [0.1, 0.15) is 17.3 Å². The molecule has 0 aliphatic heterocycles. The quantitative estimate of drug-likeness (QED) is 0.831. The number of halogens is 3. The number of carbonyl (C=O) groups excluding carboxylic acids is 2. The third-order valence-corrected chi connectivity index (χ3v) is 3.28. The summed E-state index contributed by atoms with van der Waals surface area (Å²) in [7, 11) is 0. The number of ether oxygens (including phenoxy) is 1. The number of hydrogen-bond donors (Lipinski definition) is 1. The molecule has 0 radical (unpaired) electrons. The third kappa shape index (κ3) is 4.94. The molecule has 1 amide bonds. The molecule has 0 aliphatic carbocycles. The molecule has 120 valence electrons. The summed E-state index contributed by atoms with van der Waals surface area (Å²) < 4.78 is 18.1. The number of esters is 1. The van der Waals surface area contributed by atoms with Crippen LogP contribution in [0.3, 0.4) is 0 Å². The van der Waals surface area contributed by atoms with Crippen molar-refractivity contribution in [3.8, 4) is 0 Å². The Morgan fingerprint density at radius 2 is 1.78 bits per heavy atom. The zero-order chi connectivity index (χ0) is 17.0. The average Bonchev–Trinajstić information content (AvgIpc) is 2.45. The fourth-order valence-electron chi connectivity index (χ4n) is 1.77. The lowest BCUT2D eigenvalue weighted by Gasteiger charge is -2.14. The normalized spacial score (nSPS) is 11.7. The molecule has 1 atom stereocenters. The zero-order valence-electron chi connectivity index (χ0n) is 12.0. The summed E-state index contributed by atoms with van der Waals surface area (Å²) >= 11 is 11.7. The van der Waals surface area contributed by atoms with E-state index in [0.29, 0.717) is 15.7 Å². The summed E-state index contributed by atoms with van der Waals surface area (Å²) in [6.45, 7) is 1.40. The van der Waals surface area contributed by atoms with Crippen molar-refractivity contribution in [2.75, 3.05) is 5.32 Å². The van der Waals surface area contributed by atoms with Crippen molar-refractivity contribution >= 4 is 40.8 Å². The van der Waals surface area contributed by atoms with Gasteiger partial charge in [0.05, 0.1) is 5.56 Å². The molecule has 0 spiro atoms. The van der Waals surface area contributed by atoms with Gasteiger partial charge in [-0.25, -0.2) is 9.18 Å². The van der Waals surface area contributed by atoms with E-state index in [0.717, 1.165) is 6.07 Å². The van der Waals surface area contributed by atoms with Crippen LogP contribution in [0.15, 0.2) is 42.5 Å². The van der Waals surface area contributed by atoms with E-state index >= 15 is 0 Å². The Hall–Kier alpha value is -2.11. The molecule has 0 bridgehead atoms. The molecule has 0 fully saturated rings. The van der Waals surface area contributed by atoms with E-state index in [1.165, 1.54) is 43.3 Å². The number of hydrogen-bond acceptors (Lipinski definition) is 3. The molecule has 0 unspecified atom stereocenters. The minimum absolute atomic E-state index is 0.0236. The van der Waals surface area contributed by atoms with Crippen LogP contribution in [-0.4, -0.2) is 18.0 Å². The first-order valence-electron chi connectivity index (χ1n) is 6.58. The summed E-state index contributed by atoms with van der Waals surface area (Å²) in [4.78, 5) is 23.9. The van der Waals surface area contributed by atoms with E-state index in [2.05, 4.69) is 5.32 Å². The van der Waals surface area contributed by atoms with Gasteiger partial charge in [-0.2, -0.15) is 0 Å². The average molecular weight is 356 g/mol. The minimum atomic E-state index is -1.08. The fraction of sp³-hybridized carbons (Fsp3) is 0.125. The van der Waals surface area contributed by atoms with E-state index in [1.807, 2.05) is 0 Å². The van der Waals surface area contributed by atoms with Crippen molar-refractivity contribution in [3.63, 3.8) is 0 Å². The van der Waals surface area contributed by atoms with Crippen LogP contribution >= 0.6 is 23.2 Å². The predicted octanol–water partition coefficient (Wildman–Crippen LogP) is 4.32. The SMILES string of the molecule is C[C@@H](OC(=O)c1cccc(F)c1)C(=O)Nc1cc(Cl)cc(Cl)c1. The molecule has 7 heteroatoms. The number of rotatable bonds is 4. The van der Waals surface area contributed by atoms with Crippen LogP contribution in [0.25, 0.3) is 0 Å². The first kappa shape index (κ1) is 17.2. The van der Waals surface area contributed by atoms with Gasteiger partial charge in [0, 0.05) is 15.7 Å². The van der Waals surface area contributed by atoms with Crippen LogP contribution < -0.4 is 5.32 Å². The van der Waals surface area contributed by atoms with Crippen molar-refractivity contribution < 1.29 is 18.7 Å². The fourth-order valence-corrected chi connectivity index (χ4v) is 2.29. The maximum absolute atomic E-state index is 13.1. The Balaban J connectivity index is 2.01. The summed E-state index contributed by atoms with van der Waals surface area (Å²) in [5.41, 5.74) is 0.400. The van der Waals surface area contributed by atoms with Gasteiger partial charge in [-0.05, 0) is 43.3 Å². The van der Waals surface area contributed by atoms with Crippen molar-refractivity contribution in [1.29, 1.82) is 0 Å². The standard InChI is InChI=1S/C16H12Cl2FNO3/c1-9(23-16(22)10-3-2-4-13(19)5-10)15(21)20-14-7-11(17)6-12(18)8-14/h2-9H,1H3,(H,20,21)/t9-/m1/s1. The van der Waals surface area contributed by atoms with E-state index in [9.17, 15) is 14.0 Å². The molecule has 0 aliphatic rings. The van der Waals surface area contributed by atoms with Gasteiger partial charge in [-0.1, -0.05) is 29.3 Å². The number of nitrogens with one attached hydrogen (secondary N) is 1. The highest BCUT2D eigenvalue weighted by molar-refractivity contribution is 6.35. The molecule has 2 aromatic carbocycles. The van der Waals surface area contributed by atoms with E-state index in [4.69, 9.17) is 27.9 Å². The first-order chi connectivity index (χ1) is 10.8. The number of anilines is 1. The second kappa shape index (κ2) is 7.44. The Morgan fingerprint density at radius 3 is 2.39 bits per heavy atom. The lowest BCUT2D eigenvalue weighted by Crippen LogP contribution is -2.30. The highest BCUT2D eigenvalue weighted by Gasteiger charge is 2.19. The molecule has 2 rings (SSSR count). The number of carbonyl (C=O) groups is 2. The molecule has 0 aromatic heterocycles. The summed E-state index contributed by atoms with van der Waals surface area (Å²) in [5.74, 6) is -1.92. The van der Waals surface area contributed by atoms with Crippen molar-refractivity contribution in [1.82, 2.24) is 0 Å². The van der Waals surface area contributed by atoms with E-state index in [1.54, 1.807) is 0 Å². The summed E-state index contributed by atoms with van der Waals surface area (Å²) in [6, 6.07) is 9.54. The monoisotopic (exact) mass is 355 g/mol. The van der Waals surface area contributed by atoms with Crippen molar-refractivity contribution in [2.45, 2.75) is 13.0 Å². The van der Waals surface area contributed by atoms with Crippen LogP contribution in [0.5, 0.6) is 0 Å². The van der Waals surface area contributed by atoms with Crippen LogP contribution in [0, 0.1) is 5.82 Å². The lowest BCUT2D eigenvalue weighted by molar-refractivity contribution is -0.123. The van der Waals surface area contributed by atoms with Gasteiger partial charge < -0.3 is 10.1 Å². The molecule has 1 N–H and O–H groups in total. The maximum atomic E-state index is 13.1. The van der Waals surface area contributed by atoms with Gasteiger partial charge >= 0.3 is 5.97 Å². The summed E-state index contributed by atoms with van der Waals surface area (Å²) in [5, 5.41) is 3.25. The van der Waals surface area contributed by atoms with E-state index in [-0.39, 0.29) is 5.56 Å². The van der Waals surface area contributed by atoms with Gasteiger partial charge in [0.15, 0.2) is 6.10 Å². The second-order valence-corrected chi connectivity index (χ2v) is 5.58. The largest absolute Gasteiger partial charge is 0.449 e. The topological polar surface area (TPSA) is 55.4 Å². The van der Waals surface area contributed by atoms with Gasteiger partial charge in [0.2, 0.25) is 0 Å². The van der Waals surface area contributed by atoms with E-state index < -0.39 is 23.8 Å². The van der Waals surface area contributed by atoms with Crippen molar-refractivity contribution in [3.05, 3.63) is 63.9 Å².